The lowest BCUT2D eigenvalue weighted by molar-refractivity contribution is -0.0915. The number of benzene rings is 1. The molecule has 0 saturated heterocycles. The minimum Gasteiger partial charge on any atom is -0.507 e. The number of aldehydes is 1. The standard InChI is InChI=1S/C17H22O5/c1-10(2)5-4-8-17(3,21)16-14(20)13-12(19)7-6-11(9-18)15(13)22-16/h5-7,9,14,16,19-21H,4,8H2,1-3H3/t14-,16+,17-/m0/s1. The number of aliphatic hydroxyl groups is 2. The van der Waals surface area contributed by atoms with Crippen LogP contribution in [0.25, 0.3) is 0 Å². The van der Waals surface area contributed by atoms with Gasteiger partial charge in [-0.05, 0) is 45.7 Å². The van der Waals surface area contributed by atoms with E-state index in [0.717, 1.165) is 5.57 Å². The summed E-state index contributed by atoms with van der Waals surface area (Å²) in [6, 6.07) is 2.77. The maximum Gasteiger partial charge on any atom is 0.157 e. The molecule has 0 fully saturated rings. The van der Waals surface area contributed by atoms with Crippen LogP contribution in [0.3, 0.4) is 0 Å². The number of phenols is 1. The molecule has 1 heterocycles. The lowest BCUT2D eigenvalue weighted by atomic mass is 9.88. The molecule has 0 aliphatic carbocycles. The molecule has 0 saturated carbocycles. The van der Waals surface area contributed by atoms with Crippen LogP contribution in [-0.4, -0.2) is 33.3 Å². The number of aliphatic hydroxyl groups excluding tert-OH is 1. The van der Waals surface area contributed by atoms with Gasteiger partial charge in [0.25, 0.3) is 0 Å². The van der Waals surface area contributed by atoms with Gasteiger partial charge in [-0.3, -0.25) is 4.79 Å². The number of aromatic hydroxyl groups is 1. The fourth-order valence-electron chi connectivity index (χ4n) is 2.72. The smallest absolute Gasteiger partial charge is 0.157 e. The zero-order valence-corrected chi connectivity index (χ0v) is 13.0. The van der Waals surface area contributed by atoms with Gasteiger partial charge in [-0.15, -0.1) is 0 Å². The number of ether oxygens (including phenoxy) is 1. The van der Waals surface area contributed by atoms with Crippen molar-refractivity contribution in [2.45, 2.75) is 51.4 Å². The van der Waals surface area contributed by atoms with Gasteiger partial charge in [0.2, 0.25) is 0 Å². The van der Waals surface area contributed by atoms with Crippen LogP contribution < -0.4 is 4.74 Å². The van der Waals surface area contributed by atoms with E-state index >= 15 is 0 Å². The summed E-state index contributed by atoms with van der Waals surface area (Å²) in [5.74, 6) is 0.00527. The molecular weight excluding hydrogens is 284 g/mol. The fourth-order valence-corrected chi connectivity index (χ4v) is 2.72. The van der Waals surface area contributed by atoms with Crippen molar-refractivity contribution in [1.29, 1.82) is 0 Å². The SMILES string of the molecule is CC(C)=CCC[C@](C)(O)[C@@H]1Oc2c(C=O)ccc(O)c2[C@@H]1O. The van der Waals surface area contributed by atoms with E-state index in [4.69, 9.17) is 4.74 Å². The summed E-state index contributed by atoms with van der Waals surface area (Å²) in [4.78, 5) is 11.1. The summed E-state index contributed by atoms with van der Waals surface area (Å²) in [6.45, 7) is 5.53. The normalized spacial score (nSPS) is 22.4. The van der Waals surface area contributed by atoms with Crippen molar-refractivity contribution >= 4 is 6.29 Å². The van der Waals surface area contributed by atoms with E-state index in [0.29, 0.717) is 19.1 Å². The zero-order valence-electron chi connectivity index (χ0n) is 13.0. The van der Waals surface area contributed by atoms with E-state index < -0.39 is 17.8 Å². The average Bonchev–Trinajstić information content (AvgIpc) is 2.78. The maximum atomic E-state index is 11.1. The third-order valence-electron chi connectivity index (χ3n) is 3.97. The minimum absolute atomic E-state index is 0.143. The van der Waals surface area contributed by atoms with Gasteiger partial charge in [0, 0.05) is 0 Å². The molecule has 1 aliphatic rings. The van der Waals surface area contributed by atoms with Gasteiger partial charge in [0.1, 0.15) is 23.2 Å². The highest BCUT2D eigenvalue weighted by molar-refractivity contribution is 5.82. The number of hydrogen-bond donors (Lipinski definition) is 3. The van der Waals surface area contributed by atoms with Crippen molar-refractivity contribution in [3.8, 4) is 11.5 Å². The molecule has 1 aliphatic heterocycles. The molecule has 1 aromatic rings. The van der Waals surface area contributed by atoms with Crippen LogP contribution in [-0.2, 0) is 0 Å². The molecule has 2 rings (SSSR count). The Hall–Kier alpha value is -1.85. The highest BCUT2D eigenvalue weighted by Crippen LogP contribution is 2.47. The Balaban J connectivity index is 2.27. The first-order valence-corrected chi connectivity index (χ1v) is 7.29. The van der Waals surface area contributed by atoms with Gasteiger partial charge in [-0.1, -0.05) is 11.6 Å². The molecule has 0 radical (unpaired) electrons. The summed E-state index contributed by atoms with van der Waals surface area (Å²) in [7, 11) is 0. The summed E-state index contributed by atoms with van der Waals surface area (Å²) in [5.41, 5.74) is 0.260. The second-order valence-corrected chi connectivity index (χ2v) is 6.20. The van der Waals surface area contributed by atoms with Crippen LogP contribution >= 0.6 is 0 Å². The van der Waals surface area contributed by atoms with E-state index in [2.05, 4.69) is 0 Å². The van der Waals surface area contributed by atoms with E-state index in [1.165, 1.54) is 12.1 Å². The number of allylic oxidation sites excluding steroid dienone is 2. The Bertz CT molecular complexity index is 599. The molecule has 22 heavy (non-hydrogen) atoms. The number of carbonyl (C=O) groups is 1. The number of phenolic OH excluding ortho intramolecular Hbond substituents is 1. The Morgan fingerprint density at radius 2 is 2.09 bits per heavy atom. The molecule has 1 aromatic carbocycles. The van der Waals surface area contributed by atoms with Crippen LogP contribution in [0.2, 0.25) is 0 Å². The third kappa shape index (κ3) is 3.00. The molecule has 3 N–H and O–H groups in total. The van der Waals surface area contributed by atoms with Crippen LogP contribution in [0, 0.1) is 0 Å². The number of rotatable bonds is 5. The quantitative estimate of drug-likeness (QED) is 0.575. The number of hydrogen-bond acceptors (Lipinski definition) is 5. The average molecular weight is 306 g/mol. The summed E-state index contributed by atoms with van der Waals surface area (Å²) >= 11 is 0. The Morgan fingerprint density at radius 1 is 1.41 bits per heavy atom. The van der Waals surface area contributed by atoms with Gasteiger partial charge >= 0.3 is 0 Å². The predicted octanol–water partition coefficient (Wildman–Crippen LogP) is 2.50. The monoisotopic (exact) mass is 306 g/mol. The van der Waals surface area contributed by atoms with E-state index in [1.807, 2.05) is 19.9 Å². The van der Waals surface area contributed by atoms with Crippen LogP contribution in [0.1, 0.15) is 55.6 Å². The fraction of sp³-hybridized carbons (Fsp3) is 0.471. The molecule has 5 heteroatoms. The Morgan fingerprint density at radius 3 is 2.68 bits per heavy atom. The van der Waals surface area contributed by atoms with Crippen LogP contribution in [0.5, 0.6) is 11.5 Å². The van der Waals surface area contributed by atoms with E-state index in [1.54, 1.807) is 6.92 Å². The van der Waals surface area contributed by atoms with Gasteiger partial charge < -0.3 is 20.1 Å². The van der Waals surface area contributed by atoms with Gasteiger partial charge in [-0.2, -0.15) is 0 Å². The second kappa shape index (κ2) is 6.10. The molecule has 0 aromatic heterocycles. The summed E-state index contributed by atoms with van der Waals surface area (Å²) < 4.78 is 5.63. The van der Waals surface area contributed by atoms with Crippen molar-refractivity contribution in [1.82, 2.24) is 0 Å². The first kappa shape index (κ1) is 16.5. The van der Waals surface area contributed by atoms with Crippen molar-refractivity contribution in [2.24, 2.45) is 0 Å². The predicted molar refractivity (Wildman–Crippen MR) is 82.2 cm³/mol. The summed E-state index contributed by atoms with van der Waals surface area (Å²) in [6.07, 6.45) is 1.52. The van der Waals surface area contributed by atoms with Crippen molar-refractivity contribution < 1.29 is 24.9 Å². The Kier molecular flexibility index (Phi) is 4.58. The number of carbonyl (C=O) groups excluding carboxylic acids is 1. The van der Waals surface area contributed by atoms with Crippen molar-refractivity contribution in [3.63, 3.8) is 0 Å². The van der Waals surface area contributed by atoms with E-state index in [-0.39, 0.29) is 22.6 Å². The molecule has 0 unspecified atom stereocenters. The molecule has 0 spiro atoms. The van der Waals surface area contributed by atoms with Gasteiger partial charge in [0.15, 0.2) is 12.4 Å². The third-order valence-corrected chi connectivity index (χ3v) is 3.97. The van der Waals surface area contributed by atoms with Gasteiger partial charge in [0.05, 0.1) is 11.1 Å². The van der Waals surface area contributed by atoms with Crippen LogP contribution in [0.4, 0.5) is 0 Å². The maximum absolute atomic E-state index is 11.1. The van der Waals surface area contributed by atoms with Gasteiger partial charge in [-0.25, -0.2) is 0 Å². The number of fused-ring (bicyclic) bond motifs is 1. The lowest BCUT2D eigenvalue weighted by Gasteiger charge is -2.31. The first-order chi connectivity index (χ1) is 10.3. The topological polar surface area (TPSA) is 87.0 Å². The largest absolute Gasteiger partial charge is 0.507 e. The van der Waals surface area contributed by atoms with Crippen LogP contribution in [0.15, 0.2) is 23.8 Å². The molecule has 5 nitrogen and oxygen atoms in total. The zero-order chi connectivity index (χ0) is 16.5. The first-order valence-electron chi connectivity index (χ1n) is 7.29. The van der Waals surface area contributed by atoms with E-state index in [9.17, 15) is 20.1 Å². The minimum atomic E-state index is -1.29. The van der Waals surface area contributed by atoms with Crippen molar-refractivity contribution in [2.75, 3.05) is 0 Å². The molecular formula is C17H22O5. The lowest BCUT2D eigenvalue weighted by Crippen LogP contribution is -2.44. The Labute approximate surface area is 129 Å². The molecule has 0 bridgehead atoms. The molecule has 3 atom stereocenters. The highest BCUT2D eigenvalue weighted by atomic mass is 16.5. The second-order valence-electron chi connectivity index (χ2n) is 6.20. The van der Waals surface area contributed by atoms with Crippen molar-refractivity contribution in [3.05, 3.63) is 34.9 Å². The molecule has 0 amide bonds. The summed E-state index contributed by atoms with van der Waals surface area (Å²) in [5, 5.41) is 31.0. The highest BCUT2D eigenvalue weighted by Gasteiger charge is 2.46. The molecule has 120 valence electrons.